The van der Waals surface area contributed by atoms with Crippen LogP contribution >= 0.6 is 0 Å². The van der Waals surface area contributed by atoms with E-state index in [0.717, 1.165) is 12.1 Å². The molecule has 4 nitrogen and oxygen atoms in total. The van der Waals surface area contributed by atoms with Gasteiger partial charge in [0.05, 0.1) is 0 Å². The van der Waals surface area contributed by atoms with Crippen LogP contribution in [0.5, 0.6) is 0 Å². The maximum atomic E-state index is 13.6. The van der Waals surface area contributed by atoms with Crippen molar-refractivity contribution in [2.24, 2.45) is 0 Å². The third-order valence-electron chi connectivity index (χ3n) is 6.40. The van der Waals surface area contributed by atoms with Crippen LogP contribution in [0.4, 0.5) is 35.5 Å². The summed E-state index contributed by atoms with van der Waals surface area (Å²) in [7, 11) is 0. The molecule has 0 bridgehead atoms. The minimum atomic E-state index is -6.00. The molecule has 1 saturated heterocycles. The highest BCUT2D eigenvalue weighted by atomic mass is 19.4. The van der Waals surface area contributed by atoms with Gasteiger partial charge in [-0.05, 0) is 44.0 Å². The summed E-state index contributed by atoms with van der Waals surface area (Å²) in [4.78, 5) is 14.2. The second-order valence-electron chi connectivity index (χ2n) is 10.2. The van der Waals surface area contributed by atoms with Crippen LogP contribution in [0.3, 0.4) is 0 Å². The van der Waals surface area contributed by atoms with E-state index in [2.05, 4.69) is 0 Å². The van der Waals surface area contributed by atoms with Gasteiger partial charge in [0, 0.05) is 30.0 Å². The number of likely N-dealkylation sites (tertiary alicyclic amines) is 1. The molecule has 36 heavy (non-hydrogen) atoms. The molecule has 2 aromatic rings. The Hall–Kier alpha value is -2.82. The molecule has 2 unspecified atom stereocenters. The molecule has 0 aliphatic carbocycles. The van der Waals surface area contributed by atoms with Crippen LogP contribution in [-0.4, -0.2) is 47.1 Å². The molecule has 0 radical (unpaired) electrons. The minimum Gasteiger partial charge on any atom is -0.444 e. The maximum absolute atomic E-state index is 13.6. The van der Waals surface area contributed by atoms with Gasteiger partial charge >= 0.3 is 18.4 Å². The third-order valence-corrected chi connectivity index (χ3v) is 6.40. The lowest BCUT2D eigenvalue weighted by molar-refractivity contribution is -0.376. The van der Waals surface area contributed by atoms with E-state index in [4.69, 9.17) is 4.74 Å². The van der Waals surface area contributed by atoms with E-state index in [1.54, 1.807) is 27.7 Å². The number of amides is 1. The molecule has 0 aromatic heterocycles. The summed E-state index contributed by atoms with van der Waals surface area (Å²) in [5, 5.41) is 9.69. The molecule has 3 rings (SSSR count). The van der Waals surface area contributed by atoms with Crippen molar-refractivity contribution in [2.45, 2.75) is 62.6 Å². The largest absolute Gasteiger partial charge is 0.444 e. The Kier molecular flexibility index (Phi) is 6.89. The summed E-state index contributed by atoms with van der Waals surface area (Å²) in [6, 6.07) is 8.79. The second-order valence-corrected chi connectivity index (χ2v) is 10.2. The average Bonchev–Trinajstić information content (AvgIpc) is 3.10. The first-order valence-electron chi connectivity index (χ1n) is 11.0. The highest BCUT2D eigenvalue weighted by molar-refractivity contribution is 5.69. The van der Waals surface area contributed by atoms with Crippen LogP contribution in [0.1, 0.15) is 50.3 Å². The van der Waals surface area contributed by atoms with E-state index in [9.17, 15) is 40.6 Å². The molecule has 1 fully saturated rings. The Bertz CT molecular complexity index is 1080. The van der Waals surface area contributed by atoms with Gasteiger partial charge < -0.3 is 14.7 Å². The van der Waals surface area contributed by atoms with E-state index >= 15 is 0 Å². The smallest absolute Gasteiger partial charge is 0.430 e. The van der Waals surface area contributed by atoms with Crippen molar-refractivity contribution in [1.82, 2.24) is 4.90 Å². The van der Waals surface area contributed by atoms with E-state index in [1.165, 1.54) is 29.2 Å². The number of carbonyl (C=O) groups excluding carboxylic acids is 1. The van der Waals surface area contributed by atoms with Crippen LogP contribution in [0.2, 0.25) is 0 Å². The Labute approximate surface area is 203 Å². The number of ether oxygens (including phenoxy) is 1. The molecule has 1 aliphatic rings. The first kappa shape index (κ1) is 27.8. The number of nitrogens with zero attached hydrogens (tertiary/aromatic N) is 1. The number of hydrogen-bond acceptors (Lipinski definition) is 3. The number of halogens is 7. The Morgan fingerprint density at radius 1 is 0.944 bits per heavy atom. The van der Waals surface area contributed by atoms with E-state index in [0.29, 0.717) is 23.3 Å². The third kappa shape index (κ3) is 5.02. The maximum Gasteiger partial charge on any atom is 0.430 e. The van der Waals surface area contributed by atoms with Gasteiger partial charge in [0.1, 0.15) is 11.4 Å². The van der Waals surface area contributed by atoms with Crippen LogP contribution in [-0.2, 0) is 15.8 Å². The summed E-state index contributed by atoms with van der Waals surface area (Å²) >= 11 is 0. The van der Waals surface area contributed by atoms with Crippen molar-refractivity contribution in [3.05, 3.63) is 71.0 Å². The zero-order valence-corrected chi connectivity index (χ0v) is 20.0. The molecule has 2 atom stereocenters. The fraction of sp³-hybridized carbons (Fsp3) is 0.480. The number of aliphatic hydroxyl groups is 1. The van der Waals surface area contributed by atoms with Crippen LogP contribution in [0.25, 0.3) is 0 Å². The number of hydrogen-bond donors (Lipinski definition) is 1. The normalized spacial score (nSPS) is 21.6. The van der Waals surface area contributed by atoms with Gasteiger partial charge in [0.15, 0.2) is 0 Å². The summed E-state index contributed by atoms with van der Waals surface area (Å²) in [6.45, 7) is 6.96. The standard InChI is InChI=1S/C25H26F7NO3/c1-21(2,3)36-20(34)33-13-19(22(4,14-33)16-9-11-18(26)12-10-16)15-5-7-17(8-6-15)23(35,24(27,28)29)25(30,31)32/h5-12,19,35H,13-14H2,1-4H3. The lowest BCUT2D eigenvalue weighted by Crippen LogP contribution is -2.53. The van der Waals surface area contributed by atoms with Gasteiger partial charge in [-0.3, -0.25) is 0 Å². The van der Waals surface area contributed by atoms with Crippen molar-refractivity contribution < 1.29 is 45.4 Å². The van der Waals surface area contributed by atoms with Crippen LogP contribution in [0, 0.1) is 5.82 Å². The van der Waals surface area contributed by atoms with Crippen molar-refractivity contribution in [2.75, 3.05) is 13.1 Å². The quantitative estimate of drug-likeness (QED) is 0.474. The molecular weight excluding hydrogens is 495 g/mol. The first-order valence-corrected chi connectivity index (χ1v) is 11.0. The number of benzene rings is 2. The molecule has 198 valence electrons. The molecule has 1 aliphatic heterocycles. The number of alkyl halides is 6. The van der Waals surface area contributed by atoms with Crippen molar-refractivity contribution in [3.8, 4) is 0 Å². The van der Waals surface area contributed by atoms with Gasteiger partial charge in [0.2, 0.25) is 0 Å². The number of rotatable bonds is 3. The van der Waals surface area contributed by atoms with Gasteiger partial charge in [-0.1, -0.05) is 43.3 Å². The Morgan fingerprint density at radius 2 is 1.44 bits per heavy atom. The second kappa shape index (κ2) is 8.93. The summed E-state index contributed by atoms with van der Waals surface area (Å²) in [6.07, 6.45) is -12.6. The molecule has 0 spiro atoms. The zero-order valence-electron chi connectivity index (χ0n) is 20.0. The molecule has 1 amide bonds. The van der Waals surface area contributed by atoms with Crippen molar-refractivity contribution in [3.63, 3.8) is 0 Å². The zero-order chi connectivity index (χ0) is 27.3. The molecule has 1 heterocycles. The Morgan fingerprint density at radius 3 is 1.89 bits per heavy atom. The molecule has 2 aromatic carbocycles. The van der Waals surface area contributed by atoms with Gasteiger partial charge in [-0.15, -0.1) is 0 Å². The number of carbonyl (C=O) groups is 1. The Balaban J connectivity index is 2.05. The molecule has 11 heteroatoms. The molecule has 0 saturated carbocycles. The predicted molar refractivity (Wildman–Crippen MR) is 117 cm³/mol. The fourth-order valence-corrected chi connectivity index (χ4v) is 4.50. The van der Waals surface area contributed by atoms with Gasteiger partial charge in [0.25, 0.3) is 5.60 Å². The van der Waals surface area contributed by atoms with Crippen LogP contribution < -0.4 is 0 Å². The first-order chi connectivity index (χ1) is 16.3. The van der Waals surface area contributed by atoms with Gasteiger partial charge in [-0.25, -0.2) is 9.18 Å². The lowest BCUT2D eigenvalue weighted by atomic mass is 9.71. The SMILES string of the molecule is CC(C)(C)OC(=O)N1CC(c2ccc(C(O)(C(F)(F)F)C(F)(F)F)cc2)C(C)(c2ccc(F)cc2)C1. The monoisotopic (exact) mass is 521 g/mol. The summed E-state index contributed by atoms with van der Waals surface area (Å²) < 4.78 is 98.7. The summed E-state index contributed by atoms with van der Waals surface area (Å²) in [5.74, 6) is -1.08. The fourth-order valence-electron chi connectivity index (χ4n) is 4.50. The van der Waals surface area contributed by atoms with Crippen molar-refractivity contribution >= 4 is 6.09 Å². The minimum absolute atomic E-state index is 0.0466. The molecule has 1 N–H and O–H groups in total. The average molecular weight is 521 g/mol. The lowest BCUT2D eigenvalue weighted by Gasteiger charge is -2.34. The van der Waals surface area contributed by atoms with E-state index < -0.39 is 52.4 Å². The molecular formula is C25H26F7NO3. The van der Waals surface area contributed by atoms with E-state index in [-0.39, 0.29) is 13.1 Å². The summed E-state index contributed by atoms with van der Waals surface area (Å²) in [5.41, 5.74) is -7.15. The van der Waals surface area contributed by atoms with Crippen LogP contribution in [0.15, 0.2) is 48.5 Å². The highest BCUT2D eigenvalue weighted by Gasteiger charge is 2.71. The van der Waals surface area contributed by atoms with E-state index in [1.807, 2.05) is 0 Å². The van der Waals surface area contributed by atoms with Gasteiger partial charge in [-0.2, -0.15) is 26.3 Å². The highest BCUT2D eigenvalue weighted by Crippen LogP contribution is 2.51. The predicted octanol–water partition coefficient (Wildman–Crippen LogP) is 6.43. The topological polar surface area (TPSA) is 49.8 Å². The van der Waals surface area contributed by atoms with Crippen molar-refractivity contribution in [1.29, 1.82) is 0 Å².